The first-order valence-electron chi connectivity index (χ1n) is 8.26. The number of rotatable bonds is 5. The van der Waals surface area contributed by atoms with Crippen LogP contribution in [0.25, 0.3) is 6.08 Å². The molecule has 0 spiro atoms. The standard InChI is InChI=1S/C18H21N3O3S2/c1-20-9-11-21(12-10-20)18(22)16-7-13-25-17(16)19-26(23,24)14-8-15-5-3-2-4-6-15/h2-8,13-14,19H,9-12H2,1H3/b14-8+. The van der Waals surface area contributed by atoms with E-state index in [2.05, 4.69) is 9.62 Å². The van der Waals surface area contributed by atoms with Crippen LogP contribution in [-0.2, 0) is 10.0 Å². The maximum Gasteiger partial charge on any atom is 0.256 e. The third-order valence-electron chi connectivity index (χ3n) is 4.16. The minimum atomic E-state index is -3.70. The van der Waals surface area contributed by atoms with Crippen LogP contribution in [0.4, 0.5) is 5.00 Å². The van der Waals surface area contributed by atoms with Crippen molar-refractivity contribution in [1.29, 1.82) is 0 Å². The molecule has 1 fully saturated rings. The minimum absolute atomic E-state index is 0.135. The zero-order valence-electron chi connectivity index (χ0n) is 14.5. The summed E-state index contributed by atoms with van der Waals surface area (Å²) >= 11 is 1.21. The Morgan fingerprint density at radius 1 is 1.12 bits per heavy atom. The Balaban J connectivity index is 1.72. The molecule has 1 aromatic carbocycles. The van der Waals surface area contributed by atoms with Crippen molar-refractivity contribution in [2.45, 2.75) is 0 Å². The van der Waals surface area contributed by atoms with Gasteiger partial charge in [-0.05, 0) is 30.1 Å². The molecule has 3 rings (SSSR count). The van der Waals surface area contributed by atoms with Crippen LogP contribution >= 0.6 is 11.3 Å². The molecule has 1 aromatic heterocycles. The van der Waals surface area contributed by atoms with Gasteiger partial charge in [-0.25, -0.2) is 8.42 Å². The average Bonchev–Trinajstić information content (AvgIpc) is 3.08. The molecule has 138 valence electrons. The van der Waals surface area contributed by atoms with Crippen molar-refractivity contribution in [2.24, 2.45) is 0 Å². The van der Waals surface area contributed by atoms with Gasteiger partial charge in [-0.3, -0.25) is 9.52 Å². The van der Waals surface area contributed by atoms with Crippen LogP contribution in [0, 0.1) is 0 Å². The first-order chi connectivity index (χ1) is 12.4. The molecule has 2 heterocycles. The quantitative estimate of drug-likeness (QED) is 0.850. The van der Waals surface area contributed by atoms with Gasteiger partial charge in [-0.1, -0.05) is 30.3 Å². The van der Waals surface area contributed by atoms with Crippen molar-refractivity contribution < 1.29 is 13.2 Å². The summed E-state index contributed by atoms with van der Waals surface area (Å²) in [5.74, 6) is -0.135. The van der Waals surface area contributed by atoms with Gasteiger partial charge in [0, 0.05) is 26.2 Å². The predicted molar refractivity (Wildman–Crippen MR) is 106 cm³/mol. The highest BCUT2D eigenvalue weighted by atomic mass is 32.2. The van der Waals surface area contributed by atoms with Gasteiger partial charge in [0.05, 0.1) is 11.0 Å². The van der Waals surface area contributed by atoms with Gasteiger partial charge < -0.3 is 9.80 Å². The largest absolute Gasteiger partial charge is 0.336 e. The second-order valence-corrected chi connectivity index (χ2v) is 8.60. The molecule has 2 aromatic rings. The van der Waals surface area contributed by atoms with E-state index in [4.69, 9.17) is 0 Å². The monoisotopic (exact) mass is 391 g/mol. The molecule has 0 aliphatic carbocycles. The van der Waals surface area contributed by atoms with Gasteiger partial charge in [-0.2, -0.15) is 0 Å². The van der Waals surface area contributed by atoms with Crippen LogP contribution in [0.1, 0.15) is 15.9 Å². The molecule has 8 heteroatoms. The van der Waals surface area contributed by atoms with Crippen LogP contribution in [-0.4, -0.2) is 57.4 Å². The first-order valence-corrected chi connectivity index (χ1v) is 10.7. The van der Waals surface area contributed by atoms with Crippen LogP contribution in [0.2, 0.25) is 0 Å². The van der Waals surface area contributed by atoms with Gasteiger partial charge in [0.25, 0.3) is 15.9 Å². The van der Waals surface area contributed by atoms with Gasteiger partial charge in [0.15, 0.2) is 0 Å². The van der Waals surface area contributed by atoms with E-state index in [1.54, 1.807) is 16.3 Å². The van der Waals surface area contributed by atoms with Crippen molar-refractivity contribution >= 4 is 38.3 Å². The van der Waals surface area contributed by atoms with E-state index in [9.17, 15) is 13.2 Å². The summed E-state index contributed by atoms with van der Waals surface area (Å²) in [5, 5.41) is 3.19. The lowest BCUT2D eigenvalue weighted by molar-refractivity contribution is 0.0665. The highest BCUT2D eigenvalue weighted by molar-refractivity contribution is 7.95. The summed E-state index contributed by atoms with van der Waals surface area (Å²) in [5.41, 5.74) is 1.19. The molecule has 0 atom stereocenters. The summed E-state index contributed by atoms with van der Waals surface area (Å²) in [4.78, 5) is 16.6. The Labute approximate surface area is 157 Å². The zero-order valence-corrected chi connectivity index (χ0v) is 16.1. The van der Waals surface area contributed by atoms with Gasteiger partial charge in [0.1, 0.15) is 5.00 Å². The Morgan fingerprint density at radius 3 is 2.50 bits per heavy atom. The molecule has 1 saturated heterocycles. The minimum Gasteiger partial charge on any atom is -0.336 e. The molecule has 0 bridgehead atoms. The molecule has 1 aliphatic rings. The number of carbonyl (C=O) groups is 1. The lowest BCUT2D eigenvalue weighted by Crippen LogP contribution is -2.47. The number of likely N-dealkylation sites (N-methyl/N-ethyl adjacent to an activating group) is 1. The number of thiophene rings is 1. The average molecular weight is 392 g/mol. The smallest absolute Gasteiger partial charge is 0.256 e. The molecule has 0 unspecified atom stereocenters. The van der Waals surface area contributed by atoms with Crippen molar-refractivity contribution in [3.05, 3.63) is 58.3 Å². The van der Waals surface area contributed by atoms with Crippen molar-refractivity contribution in [3.63, 3.8) is 0 Å². The predicted octanol–water partition coefficient (Wildman–Crippen LogP) is 2.55. The maximum absolute atomic E-state index is 12.7. The molecule has 1 aliphatic heterocycles. The lowest BCUT2D eigenvalue weighted by atomic mass is 10.2. The normalized spacial score (nSPS) is 16.1. The summed E-state index contributed by atoms with van der Waals surface area (Å²) in [6.07, 6.45) is 1.53. The molecule has 6 nitrogen and oxygen atoms in total. The third-order valence-corrected chi connectivity index (χ3v) is 6.10. The molecular formula is C18H21N3O3S2. The highest BCUT2D eigenvalue weighted by Gasteiger charge is 2.24. The number of amides is 1. The van der Waals surface area contributed by atoms with Crippen LogP contribution in [0.3, 0.4) is 0 Å². The van der Waals surface area contributed by atoms with E-state index < -0.39 is 10.0 Å². The molecule has 0 radical (unpaired) electrons. The number of carbonyl (C=O) groups excluding carboxylic acids is 1. The molecule has 0 saturated carbocycles. The summed E-state index contributed by atoms with van der Waals surface area (Å²) in [6, 6.07) is 10.9. The van der Waals surface area contributed by atoms with E-state index in [1.165, 1.54) is 17.4 Å². The van der Waals surface area contributed by atoms with Gasteiger partial charge in [0.2, 0.25) is 0 Å². The summed E-state index contributed by atoms with van der Waals surface area (Å²) in [7, 11) is -1.68. The molecular weight excluding hydrogens is 370 g/mol. The molecule has 26 heavy (non-hydrogen) atoms. The van der Waals surface area contributed by atoms with E-state index in [0.29, 0.717) is 23.7 Å². The van der Waals surface area contributed by atoms with Crippen molar-refractivity contribution in [1.82, 2.24) is 9.80 Å². The number of nitrogens with zero attached hydrogens (tertiary/aromatic N) is 2. The number of piperazine rings is 1. The fourth-order valence-corrected chi connectivity index (χ4v) is 4.57. The zero-order chi connectivity index (χ0) is 18.6. The molecule has 1 N–H and O–H groups in total. The van der Waals surface area contributed by atoms with E-state index in [-0.39, 0.29) is 5.91 Å². The number of hydrogen-bond acceptors (Lipinski definition) is 5. The number of benzene rings is 1. The number of sulfonamides is 1. The second-order valence-electron chi connectivity index (χ2n) is 6.12. The Morgan fingerprint density at radius 2 is 1.81 bits per heavy atom. The van der Waals surface area contributed by atoms with Gasteiger partial charge in [-0.15, -0.1) is 11.3 Å². The Hall–Kier alpha value is -2.16. The number of nitrogens with one attached hydrogen (secondary N) is 1. The van der Waals surface area contributed by atoms with Crippen LogP contribution in [0.5, 0.6) is 0 Å². The second kappa shape index (κ2) is 8.03. The lowest BCUT2D eigenvalue weighted by Gasteiger charge is -2.32. The van der Waals surface area contributed by atoms with Crippen LogP contribution < -0.4 is 4.72 Å². The van der Waals surface area contributed by atoms with Gasteiger partial charge >= 0.3 is 0 Å². The molecule has 1 amide bonds. The highest BCUT2D eigenvalue weighted by Crippen LogP contribution is 2.26. The first kappa shape index (κ1) is 18.6. The SMILES string of the molecule is CN1CCN(C(=O)c2ccsc2NS(=O)(=O)/C=C/c2ccccc2)CC1. The fraction of sp³-hybridized carbons (Fsp3) is 0.278. The number of anilines is 1. The van der Waals surface area contributed by atoms with E-state index in [1.807, 2.05) is 37.4 Å². The topological polar surface area (TPSA) is 69.7 Å². The Bertz CT molecular complexity index is 883. The summed E-state index contributed by atoms with van der Waals surface area (Å²) < 4.78 is 27.2. The van der Waals surface area contributed by atoms with Crippen molar-refractivity contribution in [2.75, 3.05) is 37.9 Å². The number of hydrogen-bond donors (Lipinski definition) is 1. The van der Waals surface area contributed by atoms with Crippen molar-refractivity contribution in [3.8, 4) is 0 Å². The maximum atomic E-state index is 12.7. The van der Waals surface area contributed by atoms with E-state index >= 15 is 0 Å². The van der Waals surface area contributed by atoms with Crippen LogP contribution in [0.15, 0.2) is 47.2 Å². The van der Waals surface area contributed by atoms with E-state index in [0.717, 1.165) is 24.1 Å². The summed E-state index contributed by atoms with van der Waals surface area (Å²) in [6.45, 7) is 2.92. The third kappa shape index (κ3) is 4.72. The fourth-order valence-electron chi connectivity index (χ4n) is 2.63. The Kier molecular flexibility index (Phi) is 5.75.